The standard InChI is InChI=1S/C12H11N3S/c1-2-8-16-12-6-5-11(14-15-12)10-4-3-7-13-9-10/h2-7,9H,1,8H2. The van der Waals surface area contributed by atoms with Crippen LogP contribution in [0.2, 0.25) is 0 Å². The zero-order valence-corrected chi connectivity index (χ0v) is 9.52. The van der Waals surface area contributed by atoms with E-state index in [1.807, 2.05) is 30.3 Å². The second kappa shape index (κ2) is 5.42. The van der Waals surface area contributed by atoms with E-state index in [-0.39, 0.29) is 0 Å². The summed E-state index contributed by atoms with van der Waals surface area (Å²) >= 11 is 1.62. The summed E-state index contributed by atoms with van der Waals surface area (Å²) in [7, 11) is 0. The van der Waals surface area contributed by atoms with Crippen LogP contribution >= 0.6 is 11.8 Å². The van der Waals surface area contributed by atoms with Gasteiger partial charge in [0.25, 0.3) is 0 Å². The molecule has 4 heteroatoms. The van der Waals surface area contributed by atoms with Gasteiger partial charge in [-0.3, -0.25) is 4.98 Å². The fourth-order valence-electron chi connectivity index (χ4n) is 1.21. The quantitative estimate of drug-likeness (QED) is 0.597. The van der Waals surface area contributed by atoms with Crippen LogP contribution in [-0.4, -0.2) is 20.9 Å². The normalized spacial score (nSPS) is 10.0. The van der Waals surface area contributed by atoms with Crippen molar-refractivity contribution in [1.82, 2.24) is 15.2 Å². The van der Waals surface area contributed by atoms with Crippen LogP contribution in [0.1, 0.15) is 0 Å². The lowest BCUT2D eigenvalue weighted by molar-refractivity contribution is 0.936. The average Bonchev–Trinajstić information content (AvgIpc) is 2.38. The lowest BCUT2D eigenvalue weighted by Gasteiger charge is -2.00. The molecule has 0 fully saturated rings. The third-order valence-electron chi connectivity index (χ3n) is 1.95. The third-order valence-corrected chi connectivity index (χ3v) is 2.86. The molecule has 2 aromatic heterocycles. The van der Waals surface area contributed by atoms with Gasteiger partial charge in [-0.05, 0) is 24.3 Å². The van der Waals surface area contributed by atoms with Gasteiger partial charge in [-0.2, -0.15) is 0 Å². The lowest BCUT2D eigenvalue weighted by Crippen LogP contribution is -1.89. The maximum absolute atomic E-state index is 4.16. The Balaban J connectivity index is 2.16. The van der Waals surface area contributed by atoms with Crippen LogP contribution in [0.4, 0.5) is 0 Å². The predicted molar refractivity (Wildman–Crippen MR) is 66.2 cm³/mol. The van der Waals surface area contributed by atoms with Crippen molar-refractivity contribution in [3.8, 4) is 11.3 Å². The van der Waals surface area contributed by atoms with Gasteiger partial charge >= 0.3 is 0 Å². The first-order valence-electron chi connectivity index (χ1n) is 4.88. The van der Waals surface area contributed by atoms with E-state index < -0.39 is 0 Å². The zero-order valence-electron chi connectivity index (χ0n) is 8.71. The topological polar surface area (TPSA) is 38.7 Å². The van der Waals surface area contributed by atoms with E-state index >= 15 is 0 Å². The molecule has 0 atom stereocenters. The van der Waals surface area contributed by atoms with Gasteiger partial charge in [0.1, 0.15) is 5.03 Å². The average molecular weight is 229 g/mol. The predicted octanol–water partition coefficient (Wildman–Crippen LogP) is 2.82. The first-order chi connectivity index (χ1) is 7.90. The van der Waals surface area contributed by atoms with Gasteiger partial charge in [-0.25, -0.2) is 0 Å². The van der Waals surface area contributed by atoms with Crippen molar-refractivity contribution in [2.24, 2.45) is 0 Å². The highest BCUT2D eigenvalue weighted by atomic mass is 32.2. The summed E-state index contributed by atoms with van der Waals surface area (Å²) in [5, 5.41) is 9.20. The summed E-state index contributed by atoms with van der Waals surface area (Å²) in [5.74, 6) is 0.848. The molecule has 3 nitrogen and oxygen atoms in total. The van der Waals surface area contributed by atoms with Crippen LogP contribution < -0.4 is 0 Å². The first-order valence-corrected chi connectivity index (χ1v) is 5.86. The molecule has 0 spiro atoms. The van der Waals surface area contributed by atoms with Crippen molar-refractivity contribution < 1.29 is 0 Å². The van der Waals surface area contributed by atoms with Crippen LogP contribution in [0.5, 0.6) is 0 Å². The lowest BCUT2D eigenvalue weighted by atomic mass is 10.2. The minimum absolute atomic E-state index is 0.844. The van der Waals surface area contributed by atoms with Gasteiger partial charge in [0.15, 0.2) is 0 Å². The van der Waals surface area contributed by atoms with Crippen molar-refractivity contribution in [3.05, 3.63) is 49.3 Å². The van der Waals surface area contributed by atoms with E-state index in [0.29, 0.717) is 0 Å². The molecule has 0 N–H and O–H groups in total. The Morgan fingerprint density at radius 3 is 2.81 bits per heavy atom. The van der Waals surface area contributed by atoms with Crippen molar-refractivity contribution in [2.75, 3.05) is 5.75 Å². The second-order valence-corrected chi connectivity index (χ2v) is 4.14. The first kappa shape index (κ1) is 10.8. The Morgan fingerprint density at radius 2 is 2.19 bits per heavy atom. The summed E-state index contributed by atoms with van der Waals surface area (Å²) in [6.07, 6.45) is 5.37. The molecule has 0 aliphatic rings. The Labute approximate surface area is 98.6 Å². The molecule has 16 heavy (non-hydrogen) atoms. The van der Waals surface area contributed by atoms with E-state index in [1.54, 1.807) is 24.2 Å². The molecular formula is C12H11N3S. The van der Waals surface area contributed by atoms with Crippen molar-refractivity contribution >= 4 is 11.8 Å². The van der Waals surface area contributed by atoms with Crippen molar-refractivity contribution in [2.45, 2.75) is 5.03 Å². The summed E-state index contributed by atoms with van der Waals surface area (Å²) in [6.45, 7) is 3.66. The molecule has 0 aliphatic carbocycles. The number of hydrogen-bond donors (Lipinski definition) is 0. The number of nitrogens with zero attached hydrogens (tertiary/aromatic N) is 3. The molecule has 0 amide bonds. The minimum Gasteiger partial charge on any atom is -0.264 e. The molecule has 0 radical (unpaired) electrons. The highest BCUT2D eigenvalue weighted by Crippen LogP contribution is 2.18. The minimum atomic E-state index is 0.844. The van der Waals surface area contributed by atoms with Crippen LogP contribution in [0, 0.1) is 0 Å². The molecule has 0 bridgehead atoms. The summed E-state index contributed by atoms with van der Waals surface area (Å²) in [5.41, 5.74) is 1.83. The van der Waals surface area contributed by atoms with Gasteiger partial charge < -0.3 is 0 Å². The molecule has 0 aliphatic heterocycles. The van der Waals surface area contributed by atoms with E-state index in [0.717, 1.165) is 22.0 Å². The number of rotatable bonds is 4. The van der Waals surface area contributed by atoms with Crippen molar-refractivity contribution in [1.29, 1.82) is 0 Å². The second-order valence-electron chi connectivity index (χ2n) is 3.10. The maximum atomic E-state index is 4.16. The summed E-state index contributed by atoms with van der Waals surface area (Å²) in [6, 6.07) is 7.77. The summed E-state index contributed by atoms with van der Waals surface area (Å²) < 4.78 is 0. The molecule has 80 valence electrons. The monoisotopic (exact) mass is 229 g/mol. The molecule has 0 saturated heterocycles. The van der Waals surface area contributed by atoms with Crippen LogP contribution in [0.15, 0.2) is 54.3 Å². The van der Waals surface area contributed by atoms with Gasteiger partial charge in [-0.15, -0.1) is 28.5 Å². The third kappa shape index (κ3) is 2.67. The molecule has 2 aromatic rings. The highest BCUT2D eigenvalue weighted by molar-refractivity contribution is 7.99. The summed E-state index contributed by atoms with van der Waals surface area (Å²) in [4.78, 5) is 4.05. The zero-order chi connectivity index (χ0) is 11.2. The van der Waals surface area contributed by atoms with Crippen LogP contribution in [0.3, 0.4) is 0 Å². The number of pyridine rings is 1. The van der Waals surface area contributed by atoms with Gasteiger partial charge in [0.05, 0.1) is 5.69 Å². The molecule has 2 rings (SSSR count). The molecule has 0 aromatic carbocycles. The fourth-order valence-corrected chi connectivity index (χ4v) is 1.76. The smallest absolute Gasteiger partial charge is 0.119 e. The van der Waals surface area contributed by atoms with E-state index in [2.05, 4.69) is 21.8 Å². The Kier molecular flexibility index (Phi) is 3.66. The van der Waals surface area contributed by atoms with Crippen molar-refractivity contribution in [3.63, 3.8) is 0 Å². The van der Waals surface area contributed by atoms with Crippen LogP contribution in [0.25, 0.3) is 11.3 Å². The van der Waals surface area contributed by atoms with E-state index in [1.165, 1.54) is 0 Å². The Hall–Kier alpha value is -1.68. The molecule has 0 unspecified atom stereocenters. The number of aromatic nitrogens is 3. The van der Waals surface area contributed by atoms with E-state index in [9.17, 15) is 0 Å². The highest BCUT2D eigenvalue weighted by Gasteiger charge is 2.00. The largest absolute Gasteiger partial charge is 0.264 e. The molecular weight excluding hydrogens is 218 g/mol. The van der Waals surface area contributed by atoms with Gasteiger partial charge in [0, 0.05) is 23.7 Å². The maximum Gasteiger partial charge on any atom is 0.119 e. The van der Waals surface area contributed by atoms with E-state index in [4.69, 9.17) is 0 Å². The Morgan fingerprint density at radius 1 is 1.25 bits per heavy atom. The van der Waals surface area contributed by atoms with Crippen LogP contribution in [-0.2, 0) is 0 Å². The SMILES string of the molecule is C=CCSc1ccc(-c2cccnc2)nn1. The molecule has 0 saturated carbocycles. The molecule has 2 heterocycles. The Bertz CT molecular complexity index is 453. The van der Waals surface area contributed by atoms with Gasteiger partial charge in [-0.1, -0.05) is 6.08 Å². The number of thioether (sulfide) groups is 1. The number of hydrogen-bond acceptors (Lipinski definition) is 4. The fraction of sp³-hybridized carbons (Fsp3) is 0.0833. The van der Waals surface area contributed by atoms with Gasteiger partial charge in [0.2, 0.25) is 0 Å².